The van der Waals surface area contributed by atoms with Crippen LogP contribution >= 0.6 is 0 Å². The van der Waals surface area contributed by atoms with E-state index in [1.165, 1.54) is 0 Å². The van der Waals surface area contributed by atoms with Crippen LogP contribution in [-0.4, -0.2) is 35.4 Å². The van der Waals surface area contributed by atoms with E-state index in [9.17, 15) is 4.79 Å². The summed E-state index contributed by atoms with van der Waals surface area (Å²) in [4.78, 5) is 12.9. The normalized spacial score (nSPS) is 10.6. The number of carboxylic acids is 1. The first-order valence-electron chi connectivity index (χ1n) is 5.77. The summed E-state index contributed by atoms with van der Waals surface area (Å²) in [5.41, 5.74) is 1.28. The zero-order valence-electron chi connectivity index (χ0n) is 10.3. The topological polar surface area (TPSA) is 60.8 Å². The molecule has 0 amide bonds. The Morgan fingerprint density at radius 1 is 1.29 bits per heavy atom. The predicted molar refractivity (Wildman–Crippen MR) is 67.6 cm³/mol. The minimum Gasteiger partial charge on any atom is -0.478 e. The van der Waals surface area contributed by atoms with Crippen LogP contribution in [0.1, 0.15) is 30.6 Å². The molecule has 4 heteroatoms. The summed E-state index contributed by atoms with van der Waals surface area (Å²) in [7, 11) is 0. The van der Waals surface area contributed by atoms with Crippen molar-refractivity contribution in [3.8, 4) is 0 Å². The van der Waals surface area contributed by atoms with E-state index in [1.807, 2.05) is 0 Å². The van der Waals surface area contributed by atoms with Crippen molar-refractivity contribution in [1.82, 2.24) is 0 Å². The van der Waals surface area contributed by atoms with E-state index in [0.717, 1.165) is 12.2 Å². The van der Waals surface area contributed by atoms with Crippen molar-refractivity contribution >= 4 is 11.7 Å². The molecule has 0 saturated heterocycles. The highest BCUT2D eigenvalue weighted by Gasteiger charge is 2.10. The molecule has 0 aliphatic carbocycles. The maximum atomic E-state index is 10.7. The second kappa shape index (κ2) is 6.25. The van der Waals surface area contributed by atoms with Gasteiger partial charge in [0.1, 0.15) is 0 Å². The summed E-state index contributed by atoms with van der Waals surface area (Å²) in [6.45, 7) is 5.07. The quantitative estimate of drug-likeness (QED) is 0.794. The monoisotopic (exact) mass is 237 g/mol. The molecule has 4 nitrogen and oxygen atoms in total. The van der Waals surface area contributed by atoms with E-state index in [1.54, 1.807) is 24.3 Å². The Morgan fingerprint density at radius 3 is 2.29 bits per heavy atom. The fourth-order valence-electron chi connectivity index (χ4n) is 1.72. The second-order valence-electron chi connectivity index (χ2n) is 4.22. The Labute approximate surface area is 101 Å². The first kappa shape index (κ1) is 13.5. The van der Waals surface area contributed by atoms with E-state index in [2.05, 4.69) is 18.7 Å². The lowest BCUT2D eigenvalue weighted by molar-refractivity contribution is 0.0697. The van der Waals surface area contributed by atoms with E-state index in [0.29, 0.717) is 18.0 Å². The van der Waals surface area contributed by atoms with Crippen molar-refractivity contribution in [1.29, 1.82) is 0 Å². The highest BCUT2D eigenvalue weighted by molar-refractivity contribution is 5.88. The van der Waals surface area contributed by atoms with Crippen LogP contribution in [0.25, 0.3) is 0 Å². The average Bonchev–Trinajstić information content (AvgIpc) is 2.29. The highest BCUT2D eigenvalue weighted by Crippen LogP contribution is 2.18. The molecule has 0 aliphatic heterocycles. The van der Waals surface area contributed by atoms with Gasteiger partial charge in [0.2, 0.25) is 0 Å². The molecule has 0 radical (unpaired) electrons. The molecule has 2 N–H and O–H groups in total. The van der Waals surface area contributed by atoms with Gasteiger partial charge in [-0.05, 0) is 44.5 Å². The fraction of sp³-hybridized carbons (Fsp3) is 0.462. The van der Waals surface area contributed by atoms with Crippen molar-refractivity contribution in [2.75, 3.05) is 18.1 Å². The van der Waals surface area contributed by atoms with Gasteiger partial charge in [0.05, 0.1) is 5.56 Å². The van der Waals surface area contributed by atoms with E-state index in [4.69, 9.17) is 10.2 Å². The molecule has 1 aromatic rings. The van der Waals surface area contributed by atoms with Crippen LogP contribution in [0.2, 0.25) is 0 Å². The Morgan fingerprint density at radius 2 is 1.88 bits per heavy atom. The van der Waals surface area contributed by atoms with E-state index in [-0.39, 0.29) is 6.61 Å². The third-order valence-electron chi connectivity index (χ3n) is 2.63. The van der Waals surface area contributed by atoms with Gasteiger partial charge in [-0.25, -0.2) is 4.79 Å². The number of carbonyl (C=O) groups is 1. The van der Waals surface area contributed by atoms with Crippen molar-refractivity contribution < 1.29 is 15.0 Å². The number of rotatable bonds is 6. The molecule has 17 heavy (non-hydrogen) atoms. The summed E-state index contributed by atoms with van der Waals surface area (Å²) < 4.78 is 0. The maximum absolute atomic E-state index is 10.7. The molecule has 0 saturated carbocycles. The van der Waals surface area contributed by atoms with Crippen molar-refractivity contribution in [3.63, 3.8) is 0 Å². The number of aliphatic hydroxyl groups is 1. The molecule has 0 aliphatic rings. The lowest BCUT2D eigenvalue weighted by Crippen LogP contribution is -2.32. The predicted octanol–water partition coefficient (Wildman–Crippen LogP) is 1.98. The van der Waals surface area contributed by atoms with Crippen molar-refractivity contribution in [2.45, 2.75) is 26.3 Å². The van der Waals surface area contributed by atoms with Gasteiger partial charge >= 0.3 is 5.97 Å². The molecule has 1 aromatic carbocycles. The standard InChI is InChI=1S/C13H19NO3/c1-10(2)14(8-3-9-15)12-6-4-11(5-7-12)13(16)17/h4-7,10,15H,3,8-9H2,1-2H3,(H,16,17). The fourth-order valence-corrected chi connectivity index (χ4v) is 1.72. The van der Waals surface area contributed by atoms with Gasteiger partial charge in [0, 0.05) is 24.9 Å². The minimum absolute atomic E-state index is 0.163. The van der Waals surface area contributed by atoms with E-state index < -0.39 is 5.97 Å². The first-order valence-corrected chi connectivity index (χ1v) is 5.77. The van der Waals surface area contributed by atoms with Gasteiger partial charge < -0.3 is 15.1 Å². The zero-order chi connectivity index (χ0) is 12.8. The van der Waals surface area contributed by atoms with Gasteiger partial charge in [-0.3, -0.25) is 0 Å². The molecule has 0 atom stereocenters. The van der Waals surface area contributed by atoms with Crippen LogP contribution in [-0.2, 0) is 0 Å². The van der Waals surface area contributed by atoms with Gasteiger partial charge in [-0.2, -0.15) is 0 Å². The highest BCUT2D eigenvalue weighted by atomic mass is 16.4. The number of nitrogens with zero attached hydrogens (tertiary/aromatic N) is 1. The number of hydrogen-bond donors (Lipinski definition) is 2. The van der Waals surface area contributed by atoms with Crippen LogP contribution in [0.3, 0.4) is 0 Å². The molecule has 0 heterocycles. The number of hydrogen-bond acceptors (Lipinski definition) is 3. The van der Waals surface area contributed by atoms with Crippen LogP contribution in [0.15, 0.2) is 24.3 Å². The molecule has 94 valence electrons. The molecular weight excluding hydrogens is 218 g/mol. The maximum Gasteiger partial charge on any atom is 0.335 e. The molecule has 0 unspecified atom stereocenters. The summed E-state index contributed by atoms with van der Waals surface area (Å²) in [6.07, 6.45) is 0.707. The Balaban J connectivity index is 2.83. The summed E-state index contributed by atoms with van der Waals surface area (Å²) >= 11 is 0. The zero-order valence-corrected chi connectivity index (χ0v) is 10.3. The third kappa shape index (κ3) is 3.75. The van der Waals surface area contributed by atoms with Crippen molar-refractivity contribution in [2.24, 2.45) is 0 Å². The molecular formula is C13H19NO3. The molecule has 1 rings (SSSR count). The van der Waals surface area contributed by atoms with Crippen LogP contribution in [0.5, 0.6) is 0 Å². The number of carboxylic acid groups (broad SMARTS) is 1. The van der Waals surface area contributed by atoms with Gasteiger partial charge in [-0.15, -0.1) is 0 Å². The SMILES string of the molecule is CC(C)N(CCCO)c1ccc(C(=O)O)cc1. The molecule has 0 bridgehead atoms. The number of anilines is 1. The Bertz CT molecular complexity index is 359. The number of benzene rings is 1. The van der Waals surface area contributed by atoms with Crippen LogP contribution < -0.4 is 4.90 Å². The summed E-state index contributed by atoms with van der Waals surface area (Å²) in [6, 6.07) is 7.14. The second-order valence-corrected chi connectivity index (χ2v) is 4.22. The third-order valence-corrected chi connectivity index (χ3v) is 2.63. The lowest BCUT2D eigenvalue weighted by Gasteiger charge is -2.28. The summed E-state index contributed by atoms with van der Waals surface area (Å²) in [5, 5.41) is 17.7. The summed E-state index contributed by atoms with van der Waals surface area (Å²) in [5.74, 6) is -0.914. The van der Waals surface area contributed by atoms with Crippen LogP contribution in [0, 0.1) is 0 Å². The van der Waals surface area contributed by atoms with Gasteiger partial charge in [0.25, 0.3) is 0 Å². The smallest absolute Gasteiger partial charge is 0.335 e. The largest absolute Gasteiger partial charge is 0.478 e. The first-order chi connectivity index (χ1) is 8.06. The Kier molecular flexibility index (Phi) is 4.97. The van der Waals surface area contributed by atoms with Crippen LogP contribution in [0.4, 0.5) is 5.69 Å². The molecule has 0 aromatic heterocycles. The average molecular weight is 237 g/mol. The number of aromatic carboxylic acids is 1. The molecule has 0 spiro atoms. The molecule has 0 fully saturated rings. The minimum atomic E-state index is -0.914. The van der Waals surface area contributed by atoms with E-state index >= 15 is 0 Å². The van der Waals surface area contributed by atoms with Crippen molar-refractivity contribution in [3.05, 3.63) is 29.8 Å². The van der Waals surface area contributed by atoms with Gasteiger partial charge in [0.15, 0.2) is 0 Å². The Hall–Kier alpha value is -1.55. The lowest BCUT2D eigenvalue weighted by atomic mass is 10.1. The van der Waals surface area contributed by atoms with Gasteiger partial charge in [-0.1, -0.05) is 0 Å². The number of aliphatic hydroxyl groups excluding tert-OH is 1.